The Hall–Kier alpha value is -2.92. The number of ether oxygens (including phenoxy) is 2. The molecule has 1 aromatic heterocycles. The second kappa shape index (κ2) is 11.5. The average Bonchev–Trinajstić information content (AvgIpc) is 3.42. The summed E-state index contributed by atoms with van der Waals surface area (Å²) in [5.41, 5.74) is 1.98. The van der Waals surface area contributed by atoms with Crippen LogP contribution in [0.1, 0.15) is 55.3 Å². The predicted octanol–water partition coefficient (Wildman–Crippen LogP) is 2.91. The van der Waals surface area contributed by atoms with E-state index in [1.165, 1.54) is 13.2 Å². The molecule has 1 aliphatic carbocycles. The molecular formula is C23H32N4O6S. The number of methoxy groups -OCH3 is 1. The van der Waals surface area contributed by atoms with E-state index in [1.807, 2.05) is 6.92 Å². The summed E-state index contributed by atoms with van der Waals surface area (Å²) in [5.74, 6) is 0.136. The number of aromatic amines is 1. The Kier molecular flexibility index (Phi) is 8.67. The summed E-state index contributed by atoms with van der Waals surface area (Å²) in [7, 11) is -1.99. The number of benzene rings is 1. The van der Waals surface area contributed by atoms with Gasteiger partial charge in [0.15, 0.2) is 15.7 Å². The summed E-state index contributed by atoms with van der Waals surface area (Å²) in [6.45, 7) is 2.84. The van der Waals surface area contributed by atoms with Crippen LogP contribution in [-0.4, -0.2) is 56.6 Å². The number of anilines is 1. The number of aromatic nitrogens is 2. The zero-order valence-electron chi connectivity index (χ0n) is 19.7. The van der Waals surface area contributed by atoms with Crippen LogP contribution in [0, 0.1) is 0 Å². The molecule has 1 aliphatic rings. The van der Waals surface area contributed by atoms with E-state index in [1.54, 1.807) is 18.2 Å². The van der Waals surface area contributed by atoms with Gasteiger partial charge >= 0.3 is 6.09 Å². The third kappa shape index (κ3) is 7.04. The molecule has 34 heavy (non-hydrogen) atoms. The molecule has 1 aromatic carbocycles. The molecule has 0 aliphatic heterocycles. The van der Waals surface area contributed by atoms with Crippen LogP contribution in [0.2, 0.25) is 0 Å². The normalized spacial score (nSPS) is 18.0. The Balaban J connectivity index is 1.59. The fourth-order valence-electron chi connectivity index (χ4n) is 4.07. The molecule has 1 fully saturated rings. The van der Waals surface area contributed by atoms with E-state index in [9.17, 15) is 18.0 Å². The van der Waals surface area contributed by atoms with Gasteiger partial charge in [-0.15, -0.1) is 0 Å². The number of carbonyl (C=O) groups is 2. The smallest absolute Gasteiger partial charge is 0.407 e. The van der Waals surface area contributed by atoms with Gasteiger partial charge in [-0.25, -0.2) is 13.2 Å². The van der Waals surface area contributed by atoms with Crippen molar-refractivity contribution in [3.8, 4) is 0 Å². The molecule has 3 N–H and O–H groups in total. The van der Waals surface area contributed by atoms with Crippen molar-refractivity contribution in [2.45, 2.75) is 62.6 Å². The van der Waals surface area contributed by atoms with Gasteiger partial charge in [-0.1, -0.05) is 19.1 Å². The summed E-state index contributed by atoms with van der Waals surface area (Å²) >= 11 is 0. The van der Waals surface area contributed by atoms with Crippen molar-refractivity contribution in [1.82, 2.24) is 15.5 Å². The molecule has 0 saturated heterocycles. The standard InChI is InChI=1S/C23H32N4O6S/c1-4-9-24-23(29)33-18-8-7-16(11-18)19-13-21(27-26-19)25-22(28)12-17-6-5-15(14-32-2)10-20(17)34(3,30)31/h5-6,10,13,16,18H,4,7-9,11-12,14H2,1-3H3,(H,24,29)(H2,25,26,27,28). The number of carbonyl (C=O) groups excluding carboxylic acids is 2. The van der Waals surface area contributed by atoms with Gasteiger partial charge in [0, 0.05) is 37.6 Å². The van der Waals surface area contributed by atoms with Crippen LogP contribution in [0.5, 0.6) is 0 Å². The Labute approximate surface area is 199 Å². The minimum Gasteiger partial charge on any atom is -0.446 e. The first-order valence-electron chi connectivity index (χ1n) is 11.3. The molecule has 3 rings (SSSR count). The number of nitrogens with zero attached hydrogens (tertiary/aromatic N) is 1. The van der Waals surface area contributed by atoms with E-state index in [2.05, 4.69) is 20.8 Å². The molecule has 0 bridgehead atoms. The predicted molar refractivity (Wildman–Crippen MR) is 126 cm³/mol. The summed E-state index contributed by atoms with van der Waals surface area (Å²) in [4.78, 5) is 24.5. The van der Waals surface area contributed by atoms with Crippen LogP contribution in [0.15, 0.2) is 29.2 Å². The first-order valence-corrected chi connectivity index (χ1v) is 13.2. The lowest BCUT2D eigenvalue weighted by Crippen LogP contribution is -2.28. The van der Waals surface area contributed by atoms with Crippen LogP contribution < -0.4 is 10.6 Å². The van der Waals surface area contributed by atoms with Gasteiger partial charge in [0.05, 0.1) is 17.9 Å². The molecule has 2 amide bonds. The zero-order valence-corrected chi connectivity index (χ0v) is 20.5. The van der Waals surface area contributed by atoms with E-state index < -0.39 is 15.9 Å². The fraction of sp³-hybridized carbons (Fsp3) is 0.522. The highest BCUT2D eigenvalue weighted by Crippen LogP contribution is 2.35. The van der Waals surface area contributed by atoms with Crippen molar-refractivity contribution in [2.75, 3.05) is 25.2 Å². The Morgan fingerprint density at radius 1 is 1.24 bits per heavy atom. The maximum Gasteiger partial charge on any atom is 0.407 e. The van der Waals surface area contributed by atoms with Crippen LogP contribution in [0.3, 0.4) is 0 Å². The Morgan fingerprint density at radius 3 is 2.74 bits per heavy atom. The molecule has 0 spiro atoms. The lowest BCUT2D eigenvalue weighted by molar-refractivity contribution is -0.115. The highest BCUT2D eigenvalue weighted by molar-refractivity contribution is 7.90. The van der Waals surface area contributed by atoms with Crippen LogP contribution in [0.25, 0.3) is 0 Å². The highest BCUT2D eigenvalue weighted by Gasteiger charge is 2.30. The minimum absolute atomic E-state index is 0.107. The fourth-order valence-corrected chi connectivity index (χ4v) is 5.05. The van der Waals surface area contributed by atoms with E-state index in [-0.39, 0.29) is 35.9 Å². The molecule has 186 valence electrons. The number of sulfone groups is 1. The average molecular weight is 493 g/mol. The van der Waals surface area contributed by atoms with E-state index in [0.29, 0.717) is 29.9 Å². The lowest BCUT2D eigenvalue weighted by atomic mass is 10.0. The SMILES string of the molecule is CCCNC(=O)OC1CCC(c2cc(NC(=O)Cc3ccc(COC)cc3S(C)(=O)=O)n[nH]2)C1. The highest BCUT2D eigenvalue weighted by atomic mass is 32.2. The van der Waals surface area contributed by atoms with Crippen molar-refractivity contribution < 1.29 is 27.5 Å². The minimum atomic E-state index is -3.52. The van der Waals surface area contributed by atoms with Crippen molar-refractivity contribution >= 4 is 27.7 Å². The molecule has 10 nitrogen and oxygen atoms in total. The molecule has 2 atom stereocenters. The number of amides is 2. The van der Waals surface area contributed by atoms with Gasteiger partial charge in [-0.05, 0) is 42.9 Å². The van der Waals surface area contributed by atoms with E-state index in [0.717, 1.165) is 31.2 Å². The van der Waals surface area contributed by atoms with Gasteiger partial charge in [-0.2, -0.15) is 5.10 Å². The molecule has 1 heterocycles. The quantitative estimate of drug-likeness (QED) is 0.463. The van der Waals surface area contributed by atoms with E-state index in [4.69, 9.17) is 9.47 Å². The van der Waals surface area contributed by atoms with Gasteiger partial charge in [0.25, 0.3) is 0 Å². The molecule has 2 aromatic rings. The van der Waals surface area contributed by atoms with Gasteiger partial charge in [0.2, 0.25) is 5.91 Å². The number of nitrogens with one attached hydrogen (secondary N) is 3. The number of hydrogen-bond donors (Lipinski definition) is 3. The van der Waals surface area contributed by atoms with Crippen molar-refractivity contribution in [3.63, 3.8) is 0 Å². The molecule has 0 radical (unpaired) electrons. The van der Waals surface area contributed by atoms with Crippen LogP contribution >= 0.6 is 0 Å². The summed E-state index contributed by atoms with van der Waals surface area (Å²) in [5, 5.41) is 12.6. The first kappa shape index (κ1) is 25.7. The second-order valence-electron chi connectivity index (χ2n) is 8.54. The van der Waals surface area contributed by atoms with Gasteiger partial charge in [0.1, 0.15) is 6.10 Å². The molecular weight excluding hydrogens is 460 g/mol. The number of hydrogen-bond acceptors (Lipinski definition) is 7. The first-order chi connectivity index (χ1) is 16.2. The van der Waals surface area contributed by atoms with Crippen molar-refractivity contribution in [1.29, 1.82) is 0 Å². The third-order valence-corrected chi connectivity index (χ3v) is 6.85. The third-order valence-electron chi connectivity index (χ3n) is 5.68. The topological polar surface area (TPSA) is 139 Å². The van der Waals surface area contributed by atoms with Crippen molar-refractivity contribution in [3.05, 3.63) is 41.1 Å². The maximum atomic E-state index is 12.6. The van der Waals surface area contributed by atoms with Crippen LogP contribution in [0.4, 0.5) is 10.6 Å². The van der Waals surface area contributed by atoms with Crippen molar-refractivity contribution in [2.24, 2.45) is 0 Å². The molecule has 11 heteroatoms. The maximum absolute atomic E-state index is 12.6. The number of H-pyrrole nitrogens is 1. The Bertz CT molecular complexity index is 1110. The number of alkyl carbamates (subject to hydrolysis) is 1. The monoisotopic (exact) mass is 492 g/mol. The van der Waals surface area contributed by atoms with E-state index >= 15 is 0 Å². The summed E-state index contributed by atoms with van der Waals surface area (Å²) in [6, 6.07) is 6.68. The number of rotatable bonds is 10. The molecule has 2 unspecified atom stereocenters. The molecule has 1 saturated carbocycles. The zero-order chi connectivity index (χ0) is 24.7. The van der Waals surface area contributed by atoms with Gasteiger partial charge < -0.3 is 20.1 Å². The lowest BCUT2D eigenvalue weighted by Gasteiger charge is -2.12. The Morgan fingerprint density at radius 2 is 2.03 bits per heavy atom. The van der Waals surface area contributed by atoms with Crippen LogP contribution in [-0.2, 0) is 37.1 Å². The second-order valence-corrected chi connectivity index (χ2v) is 10.5. The summed E-state index contributed by atoms with van der Waals surface area (Å²) < 4.78 is 35.0. The largest absolute Gasteiger partial charge is 0.446 e. The summed E-state index contributed by atoms with van der Waals surface area (Å²) in [6.07, 6.45) is 3.59. The van der Waals surface area contributed by atoms with Gasteiger partial charge in [-0.3, -0.25) is 9.89 Å².